The van der Waals surface area contributed by atoms with Crippen molar-refractivity contribution in [3.8, 4) is 22.6 Å². The van der Waals surface area contributed by atoms with Crippen LogP contribution in [0.1, 0.15) is 49.1 Å². The number of aromatic amines is 1. The summed E-state index contributed by atoms with van der Waals surface area (Å²) in [5, 5.41) is 4.09. The standard InChI is InChI=1S/C29H28ClN3/c1-20(21-12-14-23(15-13-21)22-8-4-2-5-9-22)32-25-16-17-27(30)26(18-25)29-31-19-28(33-29)24-10-6-3-7-11-24/h3,6-7,10-19,22,32H,1-2,4-5,8-9H2,(H,31,33). The van der Waals surface area contributed by atoms with Crippen molar-refractivity contribution in [3.05, 3.63) is 102 Å². The summed E-state index contributed by atoms with van der Waals surface area (Å²) >= 11 is 6.52. The molecule has 1 aliphatic rings. The van der Waals surface area contributed by atoms with Crippen LogP contribution in [-0.4, -0.2) is 9.97 Å². The summed E-state index contributed by atoms with van der Waals surface area (Å²) in [5.41, 5.74) is 7.14. The maximum Gasteiger partial charge on any atom is 0.139 e. The fourth-order valence-electron chi connectivity index (χ4n) is 4.64. The van der Waals surface area contributed by atoms with Gasteiger partial charge in [0.05, 0.1) is 10.7 Å². The van der Waals surface area contributed by atoms with Gasteiger partial charge in [-0.2, -0.15) is 0 Å². The number of halogens is 1. The molecule has 0 radical (unpaired) electrons. The molecular weight excluding hydrogens is 426 g/mol. The zero-order chi connectivity index (χ0) is 22.6. The van der Waals surface area contributed by atoms with Gasteiger partial charge in [0.2, 0.25) is 0 Å². The molecule has 4 aromatic rings. The molecule has 0 unspecified atom stereocenters. The number of H-pyrrole nitrogens is 1. The Morgan fingerprint density at radius 2 is 1.70 bits per heavy atom. The number of hydrogen-bond donors (Lipinski definition) is 2. The molecule has 0 bridgehead atoms. The molecule has 3 nitrogen and oxygen atoms in total. The Morgan fingerprint density at radius 1 is 0.939 bits per heavy atom. The molecule has 1 aromatic heterocycles. The van der Waals surface area contributed by atoms with Crippen molar-refractivity contribution in [3.63, 3.8) is 0 Å². The lowest BCUT2D eigenvalue weighted by molar-refractivity contribution is 0.443. The van der Waals surface area contributed by atoms with Gasteiger partial charge in [0.25, 0.3) is 0 Å². The van der Waals surface area contributed by atoms with E-state index in [0.717, 1.165) is 39.6 Å². The summed E-state index contributed by atoms with van der Waals surface area (Å²) in [4.78, 5) is 8.02. The van der Waals surface area contributed by atoms with Gasteiger partial charge in [-0.05, 0) is 48.1 Å². The highest BCUT2D eigenvalue weighted by atomic mass is 35.5. The molecule has 0 saturated heterocycles. The molecule has 33 heavy (non-hydrogen) atoms. The summed E-state index contributed by atoms with van der Waals surface area (Å²) in [6.07, 6.45) is 8.61. The van der Waals surface area contributed by atoms with Gasteiger partial charge in [-0.15, -0.1) is 0 Å². The third-order valence-corrected chi connectivity index (χ3v) is 6.83. The number of nitrogens with one attached hydrogen (secondary N) is 2. The molecule has 0 amide bonds. The molecule has 4 heteroatoms. The molecule has 166 valence electrons. The van der Waals surface area contributed by atoms with Crippen LogP contribution in [0, 0.1) is 0 Å². The first kappa shape index (κ1) is 21.5. The van der Waals surface area contributed by atoms with Gasteiger partial charge in [0.15, 0.2) is 0 Å². The second-order valence-electron chi connectivity index (χ2n) is 8.76. The molecule has 1 aliphatic carbocycles. The molecule has 3 aromatic carbocycles. The Morgan fingerprint density at radius 3 is 2.45 bits per heavy atom. The monoisotopic (exact) mass is 453 g/mol. The Bertz CT molecular complexity index is 1240. The second kappa shape index (κ2) is 9.68. The van der Waals surface area contributed by atoms with Crippen molar-refractivity contribution in [2.45, 2.75) is 38.0 Å². The van der Waals surface area contributed by atoms with E-state index in [1.165, 1.54) is 37.7 Å². The minimum Gasteiger partial charge on any atom is -0.356 e. The zero-order valence-electron chi connectivity index (χ0n) is 18.7. The Hall–Kier alpha value is -3.30. The first-order valence-corrected chi connectivity index (χ1v) is 12.0. The summed E-state index contributed by atoms with van der Waals surface area (Å²) in [6, 6.07) is 24.9. The highest BCUT2D eigenvalue weighted by Gasteiger charge is 2.15. The normalized spacial score (nSPS) is 14.2. The largest absolute Gasteiger partial charge is 0.356 e. The van der Waals surface area contributed by atoms with Crippen LogP contribution < -0.4 is 5.32 Å². The summed E-state index contributed by atoms with van der Waals surface area (Å²) in [7, 11) is 0. The second-order valence-corrected chi connectivity index (χ2v) is 9.16. The molecule has 1 fully saturated rings. The van der Waals surface area contributed by atoms with Gasteiger partial charge >= 0.3 is 0 Å². The predicted octanol–water partition coefficient (Wildman–Crippen LogP) is 8.53. The van der Waals surface area contributed by atoms with Gasteiger partial charge in [-0.25, -0.2) is 4.98 Å². The predicted molar refractivity (Wildman–Crippen MR) is 139 cm³/mol. The quantitative estimate of drug-likeness (QED) is 0.307. The Kier molecular flexibility index (Phi) is 6.32. The number of rotatable bonds is 6. The fourth-order valence-corrected chi connectivity index (χ4v) is 4.85. The molecule has 5 rings (SSSR count). The topological polar surface area (TPSA) is 40.7 Å². The van der Waals surface area contributed by atoms with Crippen molar-refractivity contribution in [1.29, 1.82) is 0 Å². The molecule has 1 heterocycles. The van der Waals surface area contributed by atoms with E-state index < -0.39 is 0 Å². The fraction of sp³-hybridized carbons (Fsp3) is 0.207. The summed E-state index contributed by atoms with van der Waals surface area (Å²) in [5.74, 6) is 1.45. The number of imidazole rings is 1. The third-order valence-electron chi connectivity index (χ3n) is 6.50. The van der Waals surface area contributed by atoms with Gasteiger partial charge in [0.1, 0.15) is 5.82 Å². The van der Waals surface area contributed by atoms with Crippen LogP contribution in [0.3, 0.4) is 0 Å². The third kappa shape index (κ3) is 4.89. The van der Waals surface area contributed by atoms with Crippen molar-refractivity contribution in [2.75, 3.05) is 5.32 Å². The van der Waals surface area contributed by atoms with Gasteiger partial charge in [0, 0.05) is 28.7 Å². The van der Waals surface area contributed by atoms with Gasteiger partial charge in [-0.1, -0.05) is 92.0 Å². The van der Waals surface area contributed by atoms with Crippen LogP contribution in [0.15, 0.2) is 85.6 Å². The van der Waals surface area contributed by atoms with E-state index in [1.54, 1.807) is 0 Å². The zero-order valence-corrected chi connectivity index (χ0v) is 19.4. The van der Waals surface area contributed by atoms with E-state index in [0.29, 0.717) is 10.9 Å². The van der Waals surface area contributed by atoms with Crippen LogP contribution in [0.2, 0.25) is 5.02 Å². The minimum absolute atomic E-state index is 0.650. The van der Waals surface area contributed by atoms with Crippen LogP contribution in [0.25, 0.3) is 28.3 Å². The highest BCUT2D eigenvalue weighted by molar-refractivity contribution is 6.33. The van der Waals surface area contributed by atoms with Crippen molar-refractivity contribution in [2.24, 2.45) is 0 Å². The van der Waals surface area contributed by atoms with Gasteiger partial charge in [-0.3, -0.25) is 0 Å². The van der Waals surface area contributed by atoms with Crippen molar-refractivity contribution < 1.29 is 0 Å². The van der Waals surface area contributed by atoms with Crippen molar-refractivity contribution in [1.82, 2.24) is 9.97 Å². The van der Waals surface area contributed by atoms with Crippen LogP contribution in [0.5, 0.6) is 0 Å². The lowest BCUT2D eigenvalue weighted by atomic mass is 9.84. The van der Waals surface area contributed by atoms with Crippen LogP contribution in [-0.2, 0) is 0 Å². The highest BCUT2D eigenvalue weighted by Crippen LogP contribution is 2.34. The molecule has 1 saturated carbocycles. The first-order chi connectivity index (χ1) is 16.2. The SMILES string of the molecule is C=C(Nc1ccc(Cl)c(-c2nc(-c3ccccc3)c[nH]2)c1)c1ccc(C2CCCCC2)cc1. The molecule has 0 atom stereocenters. The van der Waals surface area contributed by atoms with E-state index >= 15 is 0 Å². The maximum absolute atomic E-state index is 6.52. The van der Waals surface area contributed by atoms with Gasteiger partial charge < -0.3 is 10.3 Å². The number of aromatic nitrogens is 2. The van der Waals surface area contributed by atoms with E-state index in [2.05, 4.69) is 41.1 Å². The van der Waals surface area contributed by atoms with Crippen LogP contribution >= 0.6 is 11.6 Å². The molecule has 0 spiro atoms. The van der Waals surface area contributed by atoms with Crippen LogP contribution in [0.4, 0.5) is 5.69 Å². The number of anilines is 1. The molecule has 2 N–H and O–H groups in total. The first-order valence-electron chi connectivity index (χ1n) is 11.6. The molecule has 0 aliphatic heterocycles. The number of nitrogens with zero attached hydrogens (tertiary/aromatic N) is 1. The maximum atomic E-state index is 6.52. The van der Waals surface area contributed by atoms with E-state index in [1.807, 2.05) is 54.7 Å². The average molecular weight is 454 g/mol. The Balaban J connectivity index is 1.32. The van der Waals surface area contributed by atoms with Crippen molar-refractivity contribution >= 4 is 23.0 Å². The number of hydrogen-bond acceptors (Lipinski definition) is 2. The minimum atomic E-state index is 0.650. The Labute approximate surface area is 200 Å². The molecular formula is C29H28ClN3. The average Bonchev–Trinajstić information content (AvgIpc) is 3.36. The van der Waals surface area contributed by atoms with E-state index in [9.17, 15) is 0 Å². The lowest BCUT2D eigenvalue weighted by Gasteiger charge is -2.22. The van der Waals surface area contributed by atoms with E-state index in [-0.39, 0.29) is 0 Å². The summed E-state index contributed by atoms with van der Waals surface area (Å²) < 4.78 is 0. The summed E-state index contributed by atoms with van der Waals surface area (Å²) in [6.45, 7) is 4.26. The lowest BCUT2D eigenvalue weighted by Crippen LogP contribution is -2.04. The smallest absolute Gasteiger partial charge is 0.139 e. The van der Waals surface area contributed by atoms with E-state index in [4.69, 9.17) is 16.6 Å². The number of benzene rings is 3.